The van der Waals surface area contributed by atoms with Crippen LogP contribution in [0.3, 0.4) is 0 Å². The highest BCUT2D eigenvalue weighted by Crippen LogP contribution is 2.45. The smallest absolute Gasteiger partial charge is 0.0383 e. The molecule has 0 unspecified atom stereocenters. The predicted octanol–water partition coefficient (Wildman–Crippen LogP) is 7.37. The normalized spacial score (nSPS) is 22.2. The Morgan fingerprint density at radius 1 is 0.700 bits per heavy atom. The molecule has 2 atom stereocenters. The maximum absolute atomic E-state index is 2.36. The molecule has 0 heterocycles. The lowest BCUT2D eigenvalue weighted by Gasteiger charge is -2.17. The molecule has 1 rings (SSSR count). The van der Waals surface area contributed by atoms with E-state index in [0.29, 0.717) is 5.41 Å². The third-order valence-electron chi connectivity index (χ3n) is 5.00. The van der Waals surface area contributed by atoms with Crippen LogP contribution < -0.4 is 0 Å². The second-order valence-corrected chi connectivity index (χ2v) is 8.47. The van der Waals surface area contributed by atoms with Gasteiger partial charge in [-0.15, -0.1) is 0 Å². The van der Waals surface area contributed by atoms with Crippen molar-refractivity contribution in [3.05, 3.63) is 0 Å². The molecule has 0 radical (unpaired) electrons. The van der Waals surface area contributed by atoms with Crippen LogP contribution >= 0.6 is 0 Å². The van der Waals surface area contributed by atoms with E-state index in [4.69, 9.17) is 0 Å². The van der Waals surface area contributed by atoms with Crippen molar-refractivity contribution in [2.45, 2.75) is 111 Å². The van der Waals surface area contributed by atoms with E-state index in [1.165, 1.54) is 77.0 Å². The third kappa shape index (κ3) is 9.83. The molecule has 20 heavy (non-hydrogen) atoms. The van der Waals surface area contributed by atoms with Gasteiger partial charge in [-0.05, 0) is 30.1 Å². The molecule has 0 aromatic rings. The van der Waals surface area contributed by atoms with E-state index in [0.717, 1.165) is 11.8 Å². The number of hydrogen-bond acceptors (Lipinski definition) is 0. The Morgan fingerprint density at radius 3 is 1.75 bits per heavy atom. The van der Waals surface area contributed by atoms with Gasteiger partial charge in [-0.2, -0.15) is 0 Å². The van der Waals surface area contributed by atoms with Crippen LogP contribution in [0.4, 0.5) is 0 Å². The Bertz CT molecular complexity index is 223. The molecule has 1 aliphatic carbocycles. The second-order valence-electron chi connectivity index (χ2n) is 8.47. The Kier molecular flexibility index (Phi) is 8.89. The van der Waals surface area contributed by atoms with Gasteiger partial charge in [-0.1, -0.05) is 98.3 Å². The van der Waals surface area contributed by atoms with Gasteiger partial charge in [0.15, 0.2) is 0 Å². The molecular weight excluding hydrogens is 240 g/mol. The number of hydrogen-bond donors (Lipinski definition) is 0. The maximum Gasteiger partial charge on any atom is -0.0383 e. The Hall–Kier alpha value is 0. The molecule has 1 fully saturated rings. The zero-order valence-electron chi connectivity index (χ0n) is 14.8. The summed E-state index contributed by atoms with van der Waals surface area (Å²) >= 11 is 0. The van der Waals surface area contributed by atoms with E-state index in [-0.39, 0.29) is 0 Å². The minimum atomic E-state index is 0.541. The first-order chi connectivity index (χ1) is 9.53. The van der Waals surface area contributed by atoms with Gasteiger partial charge >= 0.3 is 0 Å². The van der Waals surface area contributed by atoms with E-state index < -0.39 is 0 Å². The molecule has 0 heteroatoms. The van der Waals surface area contributed by atoms with Crippen molar-refractivity contribution in [2.24, 2.45) is 17.3 Å². The van der Waals surface area contributed by atoms with Crippen LogP contribution in [0.1, 0.15) is 111 Å². The highest BCUT2D eigenvalue weighted by molar-refractivity contribution is 4.85. The van der Waals surface area contributed by atoms with Gasteiger partial charge in [0.2, 0.25) is 0 Å². The number of rotatable bonds is 12. The first kappa shape index (κ1) is 18.1. The average Bonchev–Trinajstić information content (AvgIpc) is 3.11. The van der Waals surface area contributed by atoms with Crippen molar-refractivity contribution in [3.63, 3.8) is 0 Å². The first-order valence-electron chi connectivity index (χ1n) is 9.53. The SMILES string of the molecule is CCCCCC[C@H]1C[C@H]1CCCCCCCC(C)(C)C. The van der Waals surface area contributed by atoms with E-state index in [1.807, 2.05) is 0 Å². The van der Waals surface area contributed by atoms with Gasteiger partial charge in [0.1, 0.15) is 0 Å². The lowest BCUT2D eigenvalue weighted by molar-refractivity contribution is 0.356. The summed E-state index contributed by atoms with van der Waals surface area (Å²) in [5.41, 5.74) is 0.541. The summed E-state index contributed by atoms with van der Waals surface area (Å²) in [6.45, 7) is 9.39. The molecule has 120 valence electrons. The standard InChI is InChI=1S/C20H40/c1-5-6-7-11-14-18-17-19(18)15-12-9-8-10-13-16-20(2,3)4/h18-19H,5-17H2,1-4H3/t18-,19+/m0/s1. The summed E-state index contributed by atoms with van der Waals surface area (Å²) in [7, 11) is 0. The lowest BCUT2D eigenvalue weighted by atomic mass is 9.89. The first-order valence-corrected chi connectivity index (χ1v) is 9.53. The zero-order valence-corrected chi connectivity index (χ0v) is 14.8. The summed E-state index contributed by atoms with van der Waals surface area (Å²) in [5.74, 6) is 2.26. The molecule has 0 aliphatic heterocycles. The van der Waals surface area contributed by atoms with Crippen LogP contribution in [0.25, 0.3) is 0 Å². The third-order valence-corrected chi connectivity index (χ3v) is 5.00. The predicted molar refractivity (Wildman–Crippen MR) is 92.1 cm³/mol. The Morgan fingerprint density at radius 2 is 1.20 bits per heavy atom. The Balaban J connectivity index is 1.80. The maximum atomic E-state index is 2.36. The highest BCUT2D eigenvalue weighted by atomic mass is 14.4. The van der Waals surface area contributed by atoms with Gasteiger partial charge in [-0.3, -0.25) is 0 Å². The van der Waals surface area contributed by atoms with E-state index in [9.17, 15) is 0 Å². The fourth-order valence-electron chi connectivity index (χ4n) is 3.44. The average molecular weight is 281 g/mol. The number of unbranched alkanes of at least 4 members (excludes halogenated alkanes) is 7. The van der Waals surface area contributed by atoms with Crippen LogP contribution in [-0.4, -0.2) is 0 Å². The summed E-state index contributed by atoms with van der Waals surface area (Å²) in [6.07, 6.45) is 19.2. The van der Waals surface area contributed by atoms with Crippen LogP contribution in [0, 0.1) is 17.3 Å². The zero-order chi connectivity index (χ0) is 14.8. The molecule has 0 bridgehead atoms. The minimum absolute atomic E-state index is 0.541. The van der Waals surface area contributed by atoms with Crippen LogP contribution in [0.2, 0.25) is 0 Å². The van der Waals surface area contributed by atoms with Crippen molar-refractivity contribution in [1.82, 2.24) is 0 Å². The molecule has 1 saturated carbocycles. The summed E-state index contributed by atoms with van der Waals surface area (Å²) < 4.78 is 0. The summed E-state index contributed by atoms with van der Waals surface area (Å²) in [4.78, 5) is 0. The molecule has 0 amide bonds. The van der Waals surface area contributed by atoms with Gasteiger partial charge in [0.05, 0.1) is 0 Å². The molecule has 0 nitrogen and oxygen atoms in total. The van der Waals surface area contributed by atoms with Gasteiger partial charge in [-0.25, -0.2) is 0 Å². The summed E-state index contributed by atoms with van der Waals surface area (Å²) in [5, 5.41) is 0. The van der Waals surface area contributed by atoms with Crippen molar-refractivity contribution in [1.29, 1.82) is 0 Å². The largest absolute Gasteiger partial charge is 0.0654 e. The van der Waals surface area contributed by atoms with Gasteiger partial charge < -0.3 is 0 Å². The molecule has 1 aliphatic rings. The van der Waals surface area contributed by atoms with Gasteiger partial charge in [0, 0.05) is 0 Å². The summed E-state index contributed by atoms with van der Waals surface area (Å²) in [6, 6.07) is 0. The quantitative estimate of drug-likeness (QED) is 0.327. The molecule has 0 N–H and O–H groups in total. The van der Waals surface area contributed by atoms with Crippen LogP contribution in [0.5, 0.6) is 0 Å². The second kappa shape index (κ2) is 9.85. The fraction of sp³-hybridized carbons (Fsp3) is 1.00. The molecule has 0 aromatic heterocycles. The molecule has 0 saturated heterocycles. The lowest BCUT2D eigenvalue weighted by Crippen LogP contribution is -2.03. The molecule has 0 spiro atoms. The highest BCUT2D eigenvalue weighted by Gasteiger charge is 2.34. The van der Waals surface area contributed by atoms with Gasteiger partial charge in [0.25, 0.3) is 0 Å². The van der Waals surface area contributed by atoms with Crippen molar-refractivity contribution >= 4 is 0 Å². The van der Waals surface area contributed by atoms with Crippen molar-refractivity contribution in [2.75, 3.05) is 0 Å². The van der Waals surface area contributed by atoms with E-state index >= 15 is 0 Å². The van der Waals surface area contributed by atoms with E-state index in [2.05, 4.69) is 27.7 Å². The van der Waals surface area contributed by atoms with E-state index in [1.54, 1.807) is 6.42 Å². The fourth-order valence-corrected chi connectivity index (χ4v) is 3.44. The molecular formula is C20H40. The topological polar surface area (TPSA) is 0 Å². The van der Waals surface area contributed by atoms with Crippen LogP contribution in [0.15, 0.2) is 0 Å². The van der Waals surface area contributed by atoms with Crippen molar-refractivity contribution in [3.8, 4) is 0 Å². The molecule has 0 aromatic carbocycles. The minimum Gasteiger partial charge on any atom is -0.0654 e. The van der Waals surface area contributed by atoms with Crippen LogP contribution in [-0.2, 0) is 0 Å². The van der Waals surface area contributed by atoms with Crippen molar-refractivity contribution < 1.29 is 0 Å². The Labute approximate surface area is 129 Å². The monoisotopic (exact) mass is 280 g/mol.